The van der Waals surface area contributed by atoms with E-state index in [0.717, 1.165) is 17.4 Å². The third-order valence-electron chi connectivity index (χ3n) is 4.14. The lowest BCUT2D eigenvalue weighted by molar-refractivity contribution is 0.237. The third kappa shape index (κ3) is 3.89. The van der Waals surface area contributed by atoms with Gasteiger partial charge in [0.15, 0.2) is 11.5 Å². The predicted molar refractivity (Wildman–Crippen MR) is 82.1 cm³/mol. The molecule has 3 nitrogen and oxygen atoms in total. The van der Waals surface area contributed by atoms with E-state index < -0.39 is 0 Å². The summed E-state index contributed by atoms with van der Waals surface area (Å²) in [6, 6.07) is 6.27. The minimum atomic E-state index is 0.277. The molecule has 1 aliphatic carbocycles. The molecule has 0 radical (unpaired) electrons. The Balaban J connectivity index is 1.95. The summed E-state index contributed by atoms with van der Waals surface area (Å²) in [5.41, 5.74) is 0.918. The van der Waals surface area contributed by atoms with Gasteiger partial charge in [0.05, 0.1) is 6.61 Å². The molecule has 0 bridgehead atoms. The van der Waals surface area contributed by atoms with Crippen LogP contribution in [0.1, 0.15) is 45.6 Å². The van der Waals surface area contributed by atoms with Gasteiger partial charge in [-0.2, -0.15) is 0 Å². The van der Waals surface area contributed by atoms with Crippen LogP contribution in [0.5, 0.6) is 11.5 Å². The molecule has 112 valence electrons. The second-order valence-corrected chi connectivity index (χ2v) is 6.19. The lowest BCUT2D eigenvalue weighted by atomic mass is 9.80. The SMILES string of the molecule is CCOc1cccc(CNC2CC(C)CC(C)C2)c1O. The van der Waals surface area contributed by atoms with E-state index in [1.165, 1.54) is 19.3 Å². The number of phenols is 1. The highest BCUT2D eigenvalue weighted by atomic mass is 16.5. The molecule has 0 spiro atoms. The van der Waals surface area contributed by atoms with Crippen LogP contribution in [0.15, 0.2) is 18.2 Å². The van der Waals surface area contributed by atoms with Crippen molar-refractivity contribution in [3.05, 3.63) is 23.8 Å². The Morgan fingerprint density at radius 1 is 1.20 bits per heavy atom. The molecule has 1 aliphatic rings. The number of benzene rings is 1. The molecule has 2 rings (SSSR count). The summed E-state index contributed by atoms with van der Waals surface area (Å²) in [6.45, 7) is 7.86. The van der Waals surface area contributed by atoms with E-state index in [0.29, 0.717) is 24.9 Å². The summed E-state index contributed by atoms with van der Waals surface area (Å²) in [4.78, 5) is 0. The van der Waals surface area contributed by atoms with Gasteiger partial charge in [-0.1, -0.05) is 26.0 Å². The van der Waals surface area contributed by atoms with Crippen molar-refractivity contribution in [2.45, 2.75) is 52.6 Å². The van der Waals surface area contributed by atoms with Crippen molar-refractivity contribution in [2.75, 3.05) is 6.61 Å². The minimum Gasteiger partial charge on any atom is -0.504 e. The summed E-state index contributed by atoms with van der Waals surface area (Å²) in [6.07, 6.45) is 3.80. The van der Waals surface area contributed by atoms with Crippen molar-refractivity contribution in [2.24, 2.45) is 11.8 Å². The third-order valence-corrected chi connectivity index (χ3v) is 4.14. The van der Waals surface area contributed by atoms with Gasteiger partial charge in [0, 0.05) is 18.2 Å². The van der Waals surface area contributed by atoms with E-state index in [9.17, 15) is 5.11 Å². The summed E-state index contributed by atoms with van der Waals surface area (Å²) in [5, 5.41) is 13.8. The molecule has 2 unspecified atom stereocenters. The molecule has 2 N–H and O–H groups in total. The summed E-state index contributed by atoms with van der Waals surface area (Å²) >= 11 is 0. The van der Waals surface area contributed by atoms with Crippen LogP contribution >= 0.6 is 0 Å². The number of hydrogen-bond acceptors (Lipinski definition) is 3. The molecule has 1 saturated carbocycles. The first-order chi connectivity index (χ1) is 9.60. The molecule has 0 aliphatic heterocycles. The zero-order valence-corrected chi connectivity index (χ0v) is 12.9. The van der Waals surface area contributed by atoms with Gasteiger partial charge in [-0.15, -0.1) is 0 Å². The fourth-order valence-electron chi connectivity index (χ4n) is 3.35. The van der Waals surface area contributed by atoms with Crippen LogP contribution in [-0.4, -0.2) is 17.8 Å². The van der Waals surface area contributed by atoms with E-state index >= 15 is 0 Å². The van der Waals surface area contributed by atoms with Crippen molar-refractivity contribution in [3.63, 3.8) is 0 Å². The second-order valence-electron chi connectivity index (χ2n) is 6.19. The minimum absolute atomic E-state index is 0.277. The van der Waals surface area contributed by atoms with E-state index in [1.54, 1.807) is 0 Å². The first-order valence-corrected chi connectivity index (χ1v) is 7.77. The molecule has 0 amide bonds. The summed E-state index contributed by atoms with van der Waals surface area (Å²) < 4.78 is 5.43. The number of rotatable bonds is 5. The molecule has 1 aromatic carbocycles. The molecule has 1 fully saturated rings. The topological polar surface area (TPSA) is 41.5 Å². The molecule has 3 heteroatoms. The van der Waals surface area contributed by atoms with Crippen LogP contribution in [0, 0.1) is 11.8 Å². The van der Waals surface area contributed by atoms with Crippen molar-refractivity contribution in [3.8, 4) is 11.5 Å². The van der Waals surface area contributed by atoms with E-state index in [4.69, 9.17) is 4.74 Å². The zero-order valence-electron chi connectivity index (χ0n) is 12.9. The van der Waals surface area contributed by atoms with Gasteiger partial charge in [-0.3, -0.25) is 0 Å². The fourth-order valence-corrected chi connectivity index (χ4v) is 3.35. The molecule has 0 heterocycles. The molecule has 1 aromatic rings. The Morgan fingerprint density at radius 3 is 2.55 bits per heavy atom. The normalized spacial score (nSPS) is 26.4. The smallest absolute Gasteiger partial charge is 0.162 e. The molecule has 0 saturated heterocycles. The lowest BCUT2D eigenvalue weighted by Crippen LogP contribution is -2.35. The first-order valence-electron chi connectivity index (χ1n) is 7.77. The molecular formula is C17H27NO2. The maximum absolute atomic E-state index is 10.2. The predicted octanol–water partition coefficient (Wildman–Crippen LogP) is 3.71. The highest BCUT2D eigenvalue weighted by molar-refractivity contribution is 5.45. The van der Waals surface area contributed by atoms with Gasteiger partial charge in [0.2, 0.25) is 0 Å². The van der Waals surface area contributed by atoms with Crippen LogP contribution in [0.25, 0.3) is 0 Å². The van der Waals surface area contributed by atoms with Crippen LogP contribution in [0.4, 0.5) is 0 Å². The van der Waals surface area contributed by atoms with Crippen LogP contribution < -0.4 is 10.1 Å². The van der Waals surface area contributed by atoms with Crippen molar-refractivity contribution >= 4 is 0 Å². The quantitative estimate of drug-likeness (QED) is 0.862. The number of ether oxygens (including phenoxy) is 1. The molecule has 0 aromatic heterocycles. The Hall–Kier alpha value is -1.22. The average Bonchev–Trinajstić information content (AvgIpc) is 2.39. The zero-order chi connectivity index (χ0) is 14.5. The largest absolute Gasteiger partial charge is 0.504 e. The number of hydrogen-bond donors (Lipinski definition) is 2. The van der Waals surface area contributed by atoms with Crippen molar-refractivity contribution in [1.29, 1.82) is 0 Å². The number of para-hydroxylation sites is 1. The maximum Gasteiger partial charge on any atom is 0.162 e. The number of aromatic hydroxyl groups is 1. The van der Waals surface area contributed by atoms with Crippen molar-refractivity contribution in [1.82, 2.24) is 5.32 Å². The van der Waals surface area contributed by atoms with E-state index in [2.05, 4.69) is 19.2 Å². The Kier molecular flexibility index (Phi) is 5.30. The van der Waals surface area contributed by atoms with Crippen LogP contribution in [0.3, 0.4) is 0 Å². The Bertz CT molecular complexity index is 423. The van der Waals surface area contributed by atoms with Gasteiger partial charge in [0.25, 0.3) is 0 Å². The standard InChI is InChI=1S/C17H27NO2/c1-4-20-16-7-5-6-14(17(16)19)11-18-15-9-12(2)8-13(3)10-15/h5-7,12-13,15,18-19H,4,8-11H2,1-3H3. The van der Waals surface area contributed by atoms with Gasteiger partial charge in [-0.25, -0.2) is 0 Å². The van der Waals surface area contributed by atoms with E-state index in [1.807, 2.05) is 25.1 Å². The van der Waals surface area contributed by atoms with Gasteiger partial charge >= 0.3 is 0 Å². The highest BCUT2D eigenvalue weighted by Crippen LogP contribution is 2.31. The lowest BCUT2D eigenvalue weighted by Gasteiger charge is -2.32. The van der Waals surface area contributed by atoms with Gasteiger partial charge in [0.1, 0.15) is 0 Å². The average molecular weight is 277 g/mol. The van der Waals surface area contributed by atoms with Gasteiger partial charge in [-0.05, 0) is 44.1 Å². The maximum atomic E-state index is 10.2. The van der Waals surface area contributed by atoms with Crippen LogP contribution in [0.2, 0.25) is 0 Å². The molecule has 2 atom stereocenters. The van der Waals surface area contributed by atoms with Crippen molar-refractivity contribution < 1.29 is 9.84 Å². The van der Waals surface area contributed by atoms with Gasteiger partial charge < -0.3 is 15.2 Å². The Morgan fingerprint density at radius 2 is 1.90 bits per heavy atom. The number of phenolic OH excluding ortho intramolecular Hbond substituents is 1. The summed E-state index contributed by atoms with van der Waals surface area (Å²) in [5.74, 6) is 2.44. The monoisotopic (exact) mass is 277 g/mol. The first kappa shape index (κ1) is 15.2. The number of nitrogens with one attached hydrogen (secondary N) is 1. The summed E-state index contributed by atoms with van der Waals surface area (Å²) in [7, 11) is 0. The second kappa shape index (κ2) is 6.98. The van der Waals surface area contributed by atoms with Crippen LogP contribution in [-0.2, 0) is 6.54 Å². The Labute approximate surface area is 122 Å². The molecular weight excluding hydrogens is 250 g/mol. The highest BCUT2D eigenvalue weighted by Gasteiger charge is 2.23. The van der Waals surface area contributed by atoms with E-state index in [-0.39, 0.29) is 5.75 Å². The fraction of sp³-hybridized carbons (Fsp3) is 0.647. The molecule has 20 heavy (non-hydrogen) atoms.